The first-order chi connectivity index (χ1) is 18.8. The molecule has 0 spiro atoms. The van der Waals surface area contributed by atoms with Gasteiger partial charge in [-0.3, -0.25) is 9.59 Å². The number of hydrogen-bond donors (Lipinski definition) is 6. The zero-order chi connectivity index (χ0) is 30.2. The number of hydrogen-bond acceptors (Lipinski definition) is 6. The first kappa shape index (κ1) is 32.0. The number of carbonyl (C=O) groups excluding carboxylic acids is 2. The summed E-state index contributed by atoms with van der Waals surface area (Å²) in [6.07, 6.45) is 6.05. The van der Waals surface area contributed by atoms with Crippen LogP contribution in [0.25, 0.3) is 12.2 Å². The highest BCUT2D eigenvalue weighted by Gasteiger charge is 2.24. The number of carboxylic acid groups (broad SMARTS) is 4. The Morgan fingerprint density at radius 3 is 0.925 bits per heavy atom. The number of primary amides is 2. The van der Waals surface area contributed by atoms with Crippen molar-refractivity contribution in [3.63, 3.8) is 0 Å². The highest BCUT2D eigenvalue weighted by atomic mass is 16.4. The van der Waals surface area contributed by atoms with Crippen LogP contribution < -0.4 is 11.5 Å². The fraction of sp³-hybridized carbons (Fsp3) is 0. The quantitative estimate of drug-likeness (QED) is 0.225. The van der Waals surface area contributed by atoms with Gasteiger partial charge in [0.2, 0.25) is 11.8 Å². The van der Waals surface area contributed by atoms with Crippen LogP contribution >= 0.6 is 0 Å². The minimum Gasteiger partial charge on any atom is -0.478 e. The van der Waals surface area contributed by atoms with Gasteiger partial charge in [-0.25, -0.2) is 19.2 Å². The Morgan fingerprint density at radius 2 is 0.725 bits per heavy atom. The Kier molecular flexibility index (Phi) is 12.7. The number of benzene rings is 3. The van der Waals surface area contributed by atoms with Crippen LogP contribution in [0.3, 0.4) is 0 Å². The highest BCUT2D eigenvalue weighted by Crippen LogP contribution is 2.18. The van der Waals surface area contributed by atoms with Crippen LogP contribution in [-0.4, -0.2) is 56.1 Å². The molecule has 8 N–H and O–H groups in total. The maximum Gasteiger partial charge on any atom is 0.336 e. The van der Waals surface area contributed by atoms with Crippen LogP contribution in [0, 0.1) is 0 Å². The lowest BCUT2D eigenvalue weighted by atomic mass is 9.98. The molecule has 12 nitrogen and oxygen atoms in total. The average Bonchev–Trinajstić information content (AvgIpc) is 2.91. The van der Waals surface area contributed by atoms with E-state index in [1.54, 1.807) is 12.2 Å². The minimum atomic E-state index is -1.66. The summed E-state index contributed by atoms with van der Waals surface area (Å²) in [4.78, 5) is 63.7. The normalized spacial score (nSPS) is 10.0. The molecule has 3 rings (SSSR count). The van der Waals surface area contributed by atoms with Crippen LogP contribution in [-0.2, 0) is 9.59 Å². The van der Waals surface area contributed by atoms with Crippen molar-refractivity contribution in [3.8, 4) is 0 Å². The van der Waals surface area contributed by atoms with Gasteiger partial charge in [-0.05, 0) is 35.4 Å². The van der Waals surface area contributed by atoms with Gasteiger partial charge in [0.1, 0.15) is 0 Å². The van der Waals surface area contributed by atoms with Crippen molar-refractivity contribution in [2.45, 2.75) is 0 Å². The van der Waals surface area contributed by atoms with Crippen molar-refractivity contribution in [3.05, 3.63) is 118 Å². The highest BCUT2D eigenvalue weighted by molar-refractivity contribution is 6.09. The van der Waals surface area contributed by atoms with E-state index in [-0.39, 0.29) is 0 Å². The molecule has 0 radical (unpaired) electrons. The number of amides is 2. The van der Waals surface area contributed by atoms with E-state index in [1.807, 2.05) is 60.7 Å². The van der Waals surface area contributed by atoms with Crippen LogP contribution in [0.2, 0.25) is 0 Å². The number of aromatic carboxylic acids is 4. The Balaban J connectivity index is 0.000000315. The standard InChI is InChI=1S/C10H6O8.2C9H9NO/c11-7(12)3-1-4(8(13)14)6(10(17)18)2-5(3)9(15)16;2*10-9(11)7-6-8-4-2-1-3-5-8/h1-2H,(H,11,12)(H,13,14)(H,15,16)(H,17,18);2*1-7H,(H2,10,11)/b;2*7-6+. The number of rotatable bonds is 8. The third-order valence-electron chi connectivity index (χ3n) is 4.56. The van der Waals surface area contributed by atoms with Crippen molar-refractivity contribution in [2.75, 3.05) is 0 Å². The van der Waals surface area contributed by atoms with Crippen molar-refractivity contribution >= 4 is 47.8 Å². The largest absolute Gasteiger partial charge is 0.478 e. The van der Waals surface area contributed by atoms with E-state index < -0.39 is 57.9 Å². The van der Waals surface area contributed by atoms with Gasteiger partial charge in [-0.1, -0.05) is 60.7 Å². The summed E-state index contributed by atoms with van der Waals surface area (Å²) in [5.74, 6) is -7.49. The Bertz CT molecular complexity index is 1290. The summed E-state index contributed by atoms with van der Waals surface area (Å²) in [7, 11) is 0. The van der Waals surface area contributed by atoms with Crippen molar-refractivity contribution < 1.29 is 49.2 Å². The molecule has 0 bridgehead atoms. The van der Waals surface area contributed by atoms with Gasteiger partial charge in [-0.15, -0.1) is 0 Å². The molecule has 0 unspecified atom stereocenters. The number of nitrogens with two attached hydrogens (primary N) is 2. The van der Waals surface area contributed by atoms with Crippen LogP contribution in [0.5, 0.6) is 0 Å². The monoisotopic (exact) mass is 548 g/mol. The zero-order valence-corrected chi connectivity index (χ0v) is 20.6. The molecule has 12 heteroatoms. The first-order valence-corrected chi connectivity index (χ1v) is 11.0. The summed E-state index contributed by atoms with van der Waals surface area (Å²) >= 11 is 0. The predicted molar refractivity (Wildman–Crippen MR) is 144 cm³/mol. The third kappa shape index (κ3) is 11.3. The Hall–Kier alpha value is -6.04. The lowest BCUT2D eigenvalue weighted by Crippen LogP contribution is -2.15. The summed E-state index contributed by atoms with van der Waals surface area (Å²) in [5, 5.41) is 35.0. The number of carbonyl (C=O) groups is 6. The van der Waals surface area contributed by atoms with Crippen LogP contribution in [0.1, 0.15) is 52.6 Å². The van der Waals surface area contributed by atoms with E-state index in [9.17, 15) is 28.8 Å². The van der Waals surface area contributed by atoms with E-state index in [0.29, 0.717) is 12.1 Å². The molecule has 0 aliphatic carbocycles. The molecule has 0 saturated carbocycles. The molecule has 0 fully saturated rings. The van der Waals surface area contributed by atoms with Crippen molar-refractivity contribution in [2.24, 2.45) is 11.5 Å². The summed E-state index contributed by atoms with van der Waals surface area (Å²) < 4.78 is 0. The van der Waals surface area contributed by atoms with Gasteiger partial charge in [0.25, 0.3) is 0 Å². The van der Waals surface area contributed by atoms with E-state index in [2.05, 4.69) is 0 Å². The van der Waals surface area contributed by atoms with Gasteiger partial charge in [0, 0.05) is 12.2 Å². The molecule has 0 aliphatic rings. The van der Waals surface area contributed by atoms with Gasteiger partial charge in [0.15, 0.2) is 0 Å². The molecule has 2 amide bonds. The topological polar surface area (TPSA) is 235 Å². The SMILES string of the molecule is NC(=O)/C=C/c1ccccc1.NC(=O)/C=C/c1ccccc1.O=C(O)c1cc(C(=O)O)c(C(=O)O)cc1C(=O)O. The van der Waals surface area contributed by atoms with Crippen molar-refractivity contribution in [1.29, 1.82) is 0 Å². The Labute approximate surface area is 227 Å². The maximum atomic E-state index is 10.8. The second kappa shape index (κ2) is 15.9. The summed E-state index contributed by atoms with van der Waals surface area (Å²) in [6, 6.07) is 20.1. The van der Waals surface area contributed by atoms with Gasteiger partial charge >= 0.3 is 23.9 Å². The molecule has 40 heavy (non-hydrogen) atoms. The second-order valence-corrected chi connectivity index (χ2v) is 7.46. The predicted octanol–water partition coefficient (Wildman–Crippen LogP) is 2.85. The van der Waals surface area contributed by atoms with Gasteiger partial charge in [-0.2, -0.15) is 0 Å². The number of carboxylic acids is 4. The molecule has 3 aromatic rings. The van der Waals surface area contributed by atoms with E-state index in [4.69, 9.17) is 31.9 Å². The lowest BCUT2D eigenvalue weighted by molar-refractivity contribution is -0.114. The molecular weight excluding hydrogens is 524 g/mol. The molecule has 3 aromatic carbocycles. The molecule has 206 valence electrons. The van der Waals surface area contributed by atoms with E-state index >= 15 is 0 Å². The first-order valence-electron chi connectivity index (χ1n) is 11.0. The van der Waals surface area contributed by atoms with Crippen LogP contribution in [0.4, 0.5) is 0 Å². The van der Waals surface area contributed by atoms with Gasteiger partial charge in [0.05, 0.1) is 22.3 Å². The fourth-order valence-corrected chi connectivity index (χ4v) is 2.79. The zero-order valence-electron chi connectivity index (χ0n) is 20.6. The summed E-state index contributed by atoms with van der Waals surface area (Å²) in [6.45, 7) is 0. The fourth-order valence-electron chi connectivity index (χ4n) is 2.79. The van der Waals surface area contributed by atoms with E-state index in [1.165, 1.54) is 12.2 Å². The average molecular weight is 549 g/mol. The molecule has 0 aromatic heterocycles. The minimum absolute atomic E-state index is 0.422. The Morgan fingerprint density at radius 1 is 0.475 bits per heavy atom. The van der Waals surface area contributed by atoms with E-state index in [0.717, 1.165) is 11.1 Å². The second-order valence-electron chi connectivity index (χ2n) is 7.46. The maximum absolute atomic E-state index is 10.8. The lowest BCUT2D eigenvalue weighted by Gasteiger charge is -2.06. The third-order valence-corrected chi connectivity index (χ3v) is 4.56. The molecule has 0 atom stereocenters. The molecular formula is C28H24N2O10. The van der Waals surface area contributed by atoms with Gasteiger partial charge < -0.3 is 31.9 Å². The van der Waals surface area contributed by atoms with Crippen molar-refractivity contribution in [1.82, 2.24) is 0 Å². The molecule has 0 aliphatic heterocycles. The summed E-state index contributed by atoms with van der Waals surface area (Å²) in [5.41, 5.74) is 8.64. The molecule has 0 heterocycles. The van der Waals surface area contributed by atoms with Crippen LogP contribution in [0.15, 0.2) is 84.9 Å². The molecule has 0 saturated heterocycles. The smallest absolute Gasteiger partial charge is 0.336 e.